The van der Waals surface area contributed by atoms with Gasteiger partial charge in [0.15, 0.2) is 0 Å². The summed E-state index contributed by atoms with van der Waals surface area (Å²) in [6.07, 6.45) is 0.0382. The van der Waals surface area contributed by atoms with Gasteiger partial charge in [0.1, 0.15) is 0 Å². The Morgan fingerprint density at radius 2 is 1.68 bits per heavy atom. The predicted octanol–water partition coefficient (Wildman–Crippen LogP) is 7.90. The summed E-state index contributed by atoms with van der Waals surface area (Å²) in [5.74, 6) is 0.567. The Hall–Kier alpha value is -0.957. The van der Waals surface area contributed by atoms with E-state index in [4.69, 9.17) is 24.1 Å². The van der Waals surface area contributed by atoms with Crippen LogP contribution in [0.15, 0.2) is 30.3 Å². The van der Waals surface area contributed by atoms with Crippen molar-refractivity contribution in [1.29, 1.82) is 0 Å². The fraction of sp³-hybridized carbons (Fsp3) is 0.480. The van der Waals surface area contributed by atoms with Gasteiger partial charge in [-0.3, -0.25) is 0 Å². The van der Waals surface area contributed by atoms with Gasteiger partial charge in [-0.2, -0.15) is 0 Å². The van der Waals surface area contributed by atoms with Gasteiger partial charge in [0.2, 0.25) is 0 Å². The Bertz CT molecular complexity index is 955. The van der Waals surface area contributed by atoms with Crippen molar-refractivity contribution in [3.05, 3.63) is 58.4 Å². The Kier molecular flexibility index (Phi) is 8.75. The number of benzene rings is 2. The molecule has 2 aromatic rings. The molecule has 0 amide bonds. The molecule has 2 aromatic carbocycles. The van der Waals surface area contributed by atoms with Crippen molar-refractivity contribution in [3.8, 4) is 5.75 Å². The Morgan fingerprint density at radius 3 is 2.19 bits per heavy atom. The molecule has 2 nitrogen and oxygen atoms in total. The number of rotatable bonds is 6. The van der Waals surface area contributed by atoms with Gasteiger partial charge >= 0.3 is 201 Å². The summed E-state index contributed by atoms with van der Waals surface area (Å²) in [5, 5.41) is 3.56. The molecule has 174 valence electrons. The zero-order valence-electron chi connectivity index (χ0n) is 19.6. The van der Waals surface area contributed by atoms with Crippen LogP contribution in [0.1, 0.15) is 77.6 Å². The third kappa shape index (κ3) is 7.55. The molecule has 0 fully saturated rings. The second-order valence-corrected chi connectivity index (χ2v) is 15.8. The van der Waals surface area contributed by atoms with Crippen molar-refractivity contribution in [2.45, 2.75) is 78.9 Å². The van der Waals surface area contributed by atoms with Crippen molar-refractivity contribution in [1.82, 2.24) is 0 Å². The molecule has 0 bridgehead atoms. The quantitative estimate of drug-likeness (QED) is 0.366. The normalized spacial score (nSPS) is 12.7. The fourth-order valence-electron chi connectivity index (χ4n) is 3.21. The number of hydrogen-bond donors (Lipinski definition) is 1. The summed E-state index contributed by atoms with van der Waals surface area (Å²) in [6, 6.07) is 9.16. The molecule has 2 rings (SSSR count). The maximum absolute atomic E-state index is 13.8. The summed E-state index contributed by atoms with van der Waals surface area (Å²) >= 11 is -2.08. The van der Waals surface area contributed by atoms with Crippen LogP contribution in [-0.4, -0.2) is 10.7 Å². The van der Waals surface area contributed by atoms with E-state index in [1.807, 2.05) is 13.8 Å². The van der Waals surface area contributed by atoms with Crippen molar-refractivity contribution >= 4 is 29.7 Å². The van der Waals surface area contributed by atoms with Gasteiger partial charge in [-0.05, 0) is 0 Å². The summed E-state index contributed by atoms with van der Waals surface area (Å²) < 4.78 is 21.9. The first-order valence-corrected chi connectivity index (χ1v) is 15.9. The van der Waals surface area contributed by atoms with Crippen molar-refractivity contribution < 1.29 is 22.6 Å². The molecule has 0 aliphatic heterocycles. The van der Waals surface area contributed by atoms with Crippen molar-refractivity contribution in [3.63, 3.8) is 0 Å². The third-order valence-corrected chi connectivity index (χ3v) is 6.71. The van der Waals surface area contributed by atoms with Crippen LogP contribution < -0.4 is 10.1 Å². The van der Waals surface area contributed by atoms with E-state index >= 15 is 0 Å². The van der Waals surface area contributed by atoms with E-state index in [0.717, 1.165) is 28.1 Å². The number of ether oxygens (including phenoxy) is 1. The first-order valence-electron chi connectivity index (χ1n) is 10.4. The molecule has 0 atom stereocenters. The molecule has 1 N–H and O–H groups in total. The SMILES string of the molecule is CC(C)Oc1c(NCc2ccc(F)cc2[CH]=[Ru]([Cl])[Cl])cc(C(C)(C)C)cc1C(C)(C)C. The molecule has 0 aliphatic rings. The standard InChI is InChI=1S/C25H34FNO.2ClH.Ru/c1-16(2)28-23-21(25(7,8)9)13-19(24(4,5)6)14-22(23)27-15-18-10-11-20(26)12-17(18)3;;;/h3,10-14,16,27H,15H2,1-2,4-9H3;2*1H;/q;;;+2/p-2. The number of nitrogens with one attached hydrogen (secondary N) is 1. The molecule has 0 saturated heterocycles. The Labute approximate surface area is 200 Å². The second-order valence-electron chi connectivity index (χ2n) is 10.1. The van der Waals surface area contributed by atoms with E-state index in [1.165, 1.54) is 17.7 Å². The molecule has 0 aliphatic carbocycles. The first kappa shape index (κ1) is 26.3. The Morgan fingerprint density at radius 1 is 1.03 bits per heavy atom. The minimum atomic E-state index is -2.08. The van der Waals surface area contributed by atoms with Gasteiger partial charge in [0, 0.05) is 0 Å². The first-order chi connectivity index (χ1) is 14.2. The molecular formula is C25H34Cl2FNORu. The van der Waals surface area contributed by atoms with Crippen molar-refractivity contribution in [2.75, 3.05) is 5.32 Å². The van der Waals surface area contributed by atoms with Gasteiger partial charge in [-0.1, -0.05) is 0 Å². The van der Waals surface area contributed by atoms with Crippen LogP contribution in [0, 0.1) is 5.82 Å². The molecule has 0 radical (unpaired) electrons. The van der Waals surface area contributed by atoms with Gasteiger partial charge in [0.25, 0.3) is 0 Å². The fourth-order valence-corrected chi connectivity index (χ4v) is 5.07. The van der Waals surface area contributed by atoms with Crippen LogP contribution in [0.2, 0.25) is 0 Å². The number of halogens is 3. The summed E-state index contributed by atoms with van der Waals surface area (Å²) in [7, 11) is 12.1. The molecule has 0 saturated carbocycles. The molecule has 31 heavy (non-hydrogen) atoms. The van der Waals surface area contributed by atoms with E-state index < -0.39 is 13.5 Å². The zero-order valence-corrected chi connectivity index (χ0v) is 22.9. The van der Waals surface area contributed by atoms with E-state index in [2.05, 4.69) is 59.0 Å². The number of hydrogen-bond acceptors (Lipinski definition) is 2. The topological polar surface area (TPSA) is 21.3 Å². The van der Waals surface area contributed by atoms with E-state index in [-0.39, 0.29) is 22.8 Å². The van der Waals surface area contributed by atoms with Crippen LogP contribution in [-0.2, 0) is 30.9 Å². The van der Waals surface area contributed by atoms with E-state index in [9.17, 15) is 4.39 Å². The van der Waals surface area contributed by atoms with Gasteiger partial charge in [-0.15, -0.1) is 0 Å². The average Bonchev–Trinajstić information content (AvgIpc) is 2.59. The minimum absolute atomic E-state index is 0.0160. The molecule has 0 aromatic heterocycles. The molecule has 0 unspecified atom stereocenters. The van der Waals surface area contributed by atoms with Crippen molar-refractivity contribution in [2.24, 2.45) is 0 Å². The molecule has 0 heterocycles. The molecular weight excluding hydrogens is 521 g/mol. The van der Waals surface area contributed by atoms with Crippen LogP contribution >= 0.6 is 19.4 Å². The zero-order chi connectivity index (χ0) is 23.6. The van der Waals surface area contributed by atoms with Crippen LogP contribution in [0.25, 0.3) is 0 Å². The summed E-state index contributed by atoms with van der Waals surface area (Å²) in [5.41, 5.74) is 4.91. The third-order valence-electron chi connectivity index (χ3n) is 4.88. The number of anilines is 1. The molecule has 0 spiro atoms. The summed E-state index contributed by atoms with van der Waals surface area (Å²) in [6.45, 7) is 17.8. The monoisotopic (exact) mass is 555 g/mol. The van der Waals surface area contributed by atoms with Crippen LogP contribution in [0.5, 0.6) is 5.75 Å². The second kappa shape index (κ2) is 10.3. The van der Waals surface area contributed by atoms with Gasteiger partial charge in [0.05, 0.1) is 0 Å². The maximum atomic E-state index is 13.8. The summed E-state index contributed by atoms with van der Waals surface area (Å²) in [4.78, 5) is 0. The van der Waals surface area contributed by atoms with Gasteiger partial charge < -0.3 is 0 Å². The predicted molar refractivity (Wildman–Crippen MR) is 130 cm³/mol. The van der Waals surface area contributed by atoms with E-state index in [0.29, 0.717) is 6.54 Å². The molecule has 6 heteroatoms. The average molecular weight is 556 g/mol. The van der Waals surface area contributed by atoms with Crippen LogP contribution in [0.3, 0.4) is 0 Å². The van der Waals surface area contributed by atoms with Gasteiger partial charge in [-0.25, -0.2) is 0 Å². The van der Waals surface area contributed by atoms with Crippen LogP contribution in [0.4, 0.5) is 10.1 Å². The Balaban J connectivity index is 2.58. The van der Waals surface area contributed by atoms with E-state index in [1.54, 1.807) is 10.7 Å².